The maximum Gasteiger partial charge on any atom is 0.269 e. The van der Waals surface area contributed by atoms with Crippen LogP contribution in [0.2, 0.25) is 0 Å². The molecule has 0 saturated carbocycles. The molecule has 0 aromatic heterocycles. The topological polar surface area (TPSA) is 56.1 Å². The van der Waals surface area contributed by atoms with Crippen molar-refractivity contribution in [1.29, 1.82) is 0 Å². The van der Waals surface area contributed by atoms with E-state index in [0.29, 0.717) is 6.42 Å². The second-order valence-electron chi connectivity index (χ2n) is 2.76. The van der Waals surface area contributed by atoms with E-state index in [4.69, 9.17) is 10.2 Å². The molecule has 2 N–H and O–H groups in total. The predicted octanol–water partition coefficient (Wildman–Crippen LogP) is 1.07. The van der Waals surface area contributed by atoms with Crippen molar-refractivity contribution in [3.05, 3.63) is 12.0 Å². The fraction of sp³-hybridized carbons (Fsp3) is 0.625. The van der Waals surface area contributed by atoms with Crippen molar-refractivity contribution in [3.8, 4) is 0 Å². The highest BCUT2D eigenvalue weighted by molar-refractivity contribution is 5.56. The van der Waals surface area contributed by atoms with E-state index in [-0.39, 0.29) is 0 Å². The van der Waals surface area contributed by atoms with Crippen LogP contribution >= 0.6 is 0 Å². The Morgan fingerprint density at radius 2 is 2.42 bits per heavy atom. The number of rotatable bonds is 4. The summed E-state index contributed by atoms with van der Waals surface area (Å²) in [4.78, 5) is 6.19. The van der Waals surface area contributed by atoms with Crippen molar-refractivity contribution >= 4 is 6.34 Å². The molecule has 0 aromatic rings. The largest absolute Gasteiger partial charge is 0.481 e. The van der Waals surface area contributed by atoms with Gasteiger partial charge in [-0.2, -0.15) is 0 Å². The van der Waals surface area contributed by atoms with Crippen molar-refractivity contribution in [2.75, 3.05) is 19.6 Å². The number of nitrogens with zero attached hydrogens (tertiary/aromatic N) is 2. The predicted molar refractivity (Wildman–Crippen MR) is 47.5 cm³/mol. The van der Waals surface area contributed by atoms with Crippen LogP contribution in [0.25, 0.3) is 0 Å². The van der Waals surface area contributed by atoms with Gasteiger partial charge in [0.1, 0.15) is 0 Å². The van der Waals surface area contributed by atoms with Gasteiger partial charge in [-0.05, 0) is 18.9 Å². The Bertz CT molecular complexity index is 185. The third-order valence-electron chi connectivity index (χ3n) is 1.74. The van der Waals surface area contributed by atoms with Crippen molar-refractivity contribution in [3.63, 3.8) is 0 Å². The molecule has 1 aliphatic heterocycles. The van der Waals surface area contributed by atoms with Crippen LogP contribution in [0, 0.1) is 0 Å². The van der Waals surface area contributed by atoms with E-state index in [1.54, 1.807) is 0 Å². The molecule has 0 fully saturated rings. The standard InChI is InChI=1S/C8H14N2O2/c11-8(12)3-1-2-5-10-6-4-9-7-10/h3,7,11-12H,1-2,4-6H2. The van der Waals surface area contributed by atoms with Crippen LogP contribution in [0.4, 0.5) is 0 Å². The Labute approximate surface area is 71.8 Å². The zero-order chi connectivity index (χ0) is 8.81. The van der Waals surface area contributed by atoms with E-state index < -0.39 is 5.95 Å². The van der Waals surface area contributed by atoms with Crippen LogP contribution in [0.3, 0.4) is 0 Å². The van der Waals surface area contributed by atoms with Crippen LogP contribution in [-0.4, -0.2) is 41.1 Å². The van der Waals surface area contributed by atoms with E-state index in [0.717, 1.165) is 26.1 Å². The molecular weight excluding hydrogens is 156 g/mol. The molecular formula is C8H14N2O2. The molecule has 0 unspecified atom stereocenters. The first-order valence-electron chi connectivity index (χ1n) is 4.11. The highest BCUT2D eigenvalue weighted by atomic mass is 16.5. The monoisotopic (exact) mass is 170 g/mol. The number of aliphatic hydroxyl groups is 2. The minimum Gasteiger partial charge on any atom is -0.481 e. The molecule has 68 valence electrons. The van der Waals surface area contributed by atoms with Gasteiger partial charge in [-0.15, -0.1) is 0 Å². The quantitative estimate of drug-likeness (QED) is 0.490. The summed E-state index contributed by atoms with van der Waals surface area (Å²) in [5.74, 6) is -0.579. The maximum absolute atomic E-state index is 8.42. The van der Waals surface area contributed by atoms with E-state index in [1.807, 2.05) is 6.34 Å². The van der Waals surface area contributed by atoms with Crippen LogP contribution in [0.5, 0.6) is 0 Å². The van der Waals surface area contributed by atoms with Crippen LogP contribution in [0.1, 0.15) is 12.8 Å². The van der Waals surface area contributed by atoms with Gasteiger partial charge in [-0.1, -0.05) is 0 Å². The first-order valence-corrected chi connectivity index (χ1v) is 4.11. The zero-order valence-corrected chi connectivity index (χ0v) is 6.98. The van der Waals surface area contributed by atoms with Gasteiger partial charge >= 0.3 is 0 Å². The Hall–Kier alpha value is -1.19. The second-order valence-corrected chi connectivity index (χ2v) is 2.76. The molecule has 4 heteroatoms. The number of aliphatic imine (C=N–C) groups is 1. The Balaban J connectivity index is 2.02. The van der Waals surface area contributed by atoms with E-state index >= 15 is 0 Å². The van der Waals surface area contributed by atoms with E-state index in [2.05, 4.69) is 9.89 Å². The molecule has 0 saturated heterocycles. The van der Waals surface area contributed by atoms with Crippen molar-refractivity contribution in [2.45, 2.75) is 12.8 Å². The van der Waals surface area contributed by atoms with Gasteiger partial charge in [0.05, 0.1) is 12.9 Å². The molecule has 1 aliphatic rings. The van der Waals surface area contributed by atoms with Crippen LogP contribution < -0.4 is 0 Å². The van der Waals surface area contributed by atoms with Crippen molar-refractivity contribution in [2.24, 2.45) is 4.99 Å². The molecule has 0 radical (unpaired) electrons. The van der Waals surface area contributed by atoms with Gasteiger partial charge in [0.25, 0.3) is 5.95 Å². The lowest BCUT2D eigenvalue weighted by Gasteiger charge is -2.11. The number of allylic oxidation sites excluding steroid dienone is 1. The van der Waals surface area contributed by atoms with Gasteiger partial charge in [0.2, 0.25) is 0 Å². The first kappa shape index (κ1) is 8.90. The molecule has 1 rings (SSSR count). The molecule has 1 heterocycles. The maximum atomic E-state index is 8.42. The molecule has 12 heavy (non-hydrogen) atoms. The Morgan fingerprint density at radius 3 is 3.00 bits per heavy atom. The minimum atomic E-state index is -0.579. The second kappa shape index (κ2) is 4.64. The fourth-order valence-electron chi connectivity index (χ4n) is 1.11. The van der Waals surface area contributed by atoms with Crippen molar-refractivity contribution in [1.82, 2.24) is 4.90 Å². The van der Waals surface area contributed by atoms with Crippen molar-refractivity contribution < 1.29 is 10.2 Å². The Morgan fingerprint density at radius 1 is 1.58 bits per heavy atom. The number of hydrogen-bond donors (Lipinski definition) is 2. The summed E-state index contributed by atoms with van der Waals surface area (Å²) < 4.78 is 0. The number of aliphatic hydroxyl groups excluding tert-OH is 1. The van der Waals surface area contributed by atoms with Gasteiger partial charge < -0.3 is 15.1 Å². The van der Waals surface area contributed by atoms with E-state index in [9.17, 15) is 0 Å². The molecule has 4 nitrogen and oxygen atoms in total. The summed E-state index contributed by atoms with van der Waals surface area (Å²) in [5.41, 5.74) is 0. The fourth-order valence-corrected chi connectivity index (χ4v) is 1.11. The zero-order valence-electron chi connectivity index (χ0n) is 6.98. The van der Waals surface area contributed by atoms with Crippen LogP contribution in [-0.2, 0) is 0 Å². The average molecular weight is 170 g/mol. The number of hydrogen-bond acceptors (Lipinski definition) is 4. The van der Waals surface area contributed by atoms with Gasteiger partial charge in [0, 0.05) is 13.1 Å². The molecule has 0 aliphatic carbocycles. The number of unbranched alkanes of at least 4 members (excludes halogenated alkanes) is 1. The summed E-state index contributed by atoms with van der Waals surface area (Å²) in [5, 5.41) is 16.8. The van der Waals surface area contributed by atoms with Gasteiger partial charge in [0.15, 0.2) is 0 Å². The lowest BCUT2D eigenvalue weighted by atomic mass is 10.3. The van der Waals surface area contributed by atoms with Crippen LogP contribution in [0.15, 0.2) is 17.0 Å². The van der Waals surface area contributed by atoms with Gasteiger partial charge in [-0.25, -0.2) is 0 Å². The third-order valence-corrected chi connectivity index (χ3v) is 1.74. The molecule has 0 atom stereocenters. The molecule has 0 spiro atoms. The van der Waals surface area contributed by atoms with E-state index in [1.165, 1.54) is 6.08 Å². The highest BCUT2D eigenvalue weighted by Crippen LogP contribution is 1.99. The minimum absolute atomic E-state index is 0.579. The molecule has 0 amide bonds. The smallest absolute Gasteiger partial charge is 0.269 e. The SMILES string of the molecule is OC(O)=CCCCN1C=NCC1. The average Bonchev–Trinajstić information content (AvgIpc) is 2.49. The third kappa shape index (κ3) is 3.27. The summed E-state index contributed by atoms with van der Waals surface area (Å²) in [6.07, 6.45) is 4.89. The summed E-state index contributed by atoms with van der Waals surface area (Å²) in [7, 11) is 0. The lowest BCUT2D eigenvalue weighted by Crippen LogP contribution is -2.20. The lowest BCUT2D eigenvalue weighted by molar-refractivity contribution is 0.189. The normalized spacial score (nSPS) is 15.2. The van der Waals surface area contributed by atoms with Gasteiger partial charge in [-0.3, -0.25) is 4.99 Å². The summed E-state index contributed by atoms with van der Waals surface area (Å²) >= 11 is 0. The molecule has 0 bridgehead atoms. The summed E-state index contributed by atoms with van der Waals surface area (Å²) in [6, 6.07) is 0. The summed E-state index contributed by atoms with van der Waals surface area (Å²) in [6.45, 7) is 2.82. The first-order chi connectivity index (χ1) is 5.79. The highest BCUT2D eigenvalue weighted by Gasteiger charge is 2.02. The Kier molecular flexibility index (Phi) is 3.44. The molecule has 0 aromatic carbocycles.